The lowest BCUT2D eigenvalue weighted by Gasteiger charge is -2.22. The third kappa shape index (κ3) is 3.92. The summed E-state index contributed by atoms with van der Waals surface area (Å²) in [4.78, 5) is 18.0. The molecule has 0 unspecified atom stereocenters. The van der Waals surface area contributed by atoms with Crippen molar-refractivity contribution >= 4 is 46.3 Å². The molecule has 1 aliphatic rings. The van der Waals surface area contributed by atoms with Crippen LogP contribution < -0.4 is 14.4 Å². The Hall–Kier alpha value is -4.90. The van der Waals surface area contributed by atoms with E-state index < -0.39 is 17.5 Å². The number of hydrogen-bond acceptors (Lipinski definition) is 6. The largest absolute Gasteiger partial charge is 0.470 e. The number of ether oxygens (including phenoxy) is 1. The molecule has 0 spiro atoms. The highest BCUT2D eigenvalue weighted by Crippen LogP contribution is 2.44. The molecule has 0 saturated heterocycles. The molecule has 0 saturated carbocycles. The standard InChI is InChI=1S/C31H21F3N4O3S/c1-35-31(39)28-19-11-18(24(37(2)42)13-27(19)41-30(28)16-7-6-15(32)10-21(16)34)22-8-9-26-29(36-22)25-12-17-20(33)4-3-5-23(17)38(25)14-40-26/h3-13,42H,14H2,1-2H3,(H,35,39). The lowest BCUT2D eigenvalue weighted by Crippen LogP contribution is -2.18. The SMILES string of the molecule is CNC(=O)c1c(-c2ccc(F)cc2F)oc2cc(N(C)S)c(-c3ccc4c(n3)-c3cc5c(F)cccc5n3CO4)cc12. The Kier molecular flexibility index (Phi) is 5.94. The molecule has 210 valence electrons. The number of carbonyl (C=O) groups is 1. The van der Waals surface area contributed by atoms with E-state index in [1.54, 1.807) is 47.8 Å². The van der Waals surface area contributed by atoms with Gasteiger partial charge in [0, 0.05) is 42.6 Å². The summed E-state index contributed by atoms with van der Waals surface area (Å²) in [7, 11) is 3.18. The number of nitrogens with one attached hydrogen (secondary N) is 1. The summed E-state index contributed by atoms with van der Waals surface area (Å²) in [5.74, 6) is -1.96. The predicted molar refractivity (Wildman–Crippen MR) is 157 cm³/mol. The number of carbonyl (C=O) groups excluding carboxylic acids is 1. The van der Waals surface area contributed by atoms with Gasteiger partial charge in [-0.3, -0.25) is 4.79 Å². The number of rotatable bonds is 4. The Morgan fingerprint density at radius 3 is 2.60 bits per heavy atom. The lowest BCUT2D eigenvalue weighted by atomic mass is 10.00. The predicted octanol–water partition coefficient (Wildman–Crippen LogP) is 7.19. The minimum atomic E-state index is -0.867. The van der Waals surface area contributed by atoms with E-state index in [4.69, 9.17) is 14.1 Å². The number of halogens is 3. The van der Waals surface area contributed by atoms with Crippen LogP contribution in [0, 0.1) is 17.5 Å². The van der Waals surface area contributed by atoms with Gasteiger partial charge in [0.1, 0.15) is 34.5 Å². The van der Waals surface area contributed by atoms with E-state index in [0.29, 0.717) is 56.0 Å². The summed E-state index contributed by atoms with van der Waals surface area (Å²) in [6, 6.07) is 16.7. The molecule has 6 aromatic rings. The zero-order valence-corrected chi connectivity index (χ0v) is 23.1. The van der Waals surface area contributed by atoms with Gasteiger partial charge in [-0.25, -0.2) is 18.2 Å². The Balaban J connectivity index is 1.46. The topological polar surface area (TPSA) is 72.5 Å². The first-order valence-corrected chi connectivity index (χ1v) is 13.3. The second-order valence-electron chi connectivity index (χ2n) is 9.85. The second-order valence-corrected chi connectivity index (χ2v) is 10.4. The molecule has 0 bridgehead atoms. The average Bonchev–Trinajstić information content (AvgIpc) is 3.55. The minimum absolute atomic E-state index is 0.0369. The molecule has 0 aliphatic carbocycles. The lowest BCUT2D eigenvalue weighted by molar-refractivity contribution is 0.0964. The van der Waals surface area contributed by atoms with Crippen LogP contribution in [0.1, 0.15) is 10.4 Å². The second kappa shape index (κ2) is 9.59. The van der Waals surface area contributed by atoms with Crippen LogP contribution in [0.25, 0.3) is 55.8 Å². The summed E-state index contributed by atoms with van der Waals surface area (Å²) < 4.78 is 58.5. The first-order chi connectivity index (χ1) is 20.2. The molecule has 1 amide bonds. The van der Waals surface area contributed by atoms with Crippen molar-refractivity contribution in [3.63, 3.8) is 0 Å². The number of anilines is 1. The number of benzene rings is 3. The fraction of sp³-hybridized carbons (Fsp3) is 0.0968. The Morgan fingerprint density at radius 2 is 1.83 bits per heavy atom. The van der Waals surface area contributed by atoms with Crippen LogP contribution in [0.2, 0.25) is 0 Å². The molecule has 42 heavy (non-hydrogen) atoms. The van der Waals surface area contributed by atoms with Gasteiger partial charge in [0.15, 0.2) is 12.5 Å². The van der Waals surface area contributed by atoms with Crippen molar-refractivity contribution < 1.29 is 27.1 Å². The van der Waals surface area contributed by atoms with Crippen molar-refractivity contribution in [1.82, 2.24) is 14.9 Å². The first-order valence-electron chi connectivity index (χ1n) is 12.9. The summed E-state index contributed by atoms with van der Waals surface area (Å²) in [6.45, 7) is 0.208. The van der Waals surface area contributed by atoms with Gasteiger partial charge in [0.05, 0.1) is 33.7 Å². The maximum Gasteiger partial charge on any atom is 0.255 e. The van der Waals surface area contributed by atoms with Crippen LogP contribution in [-0.2, 0) is 6.73 Å². The van der Waals surface area contributed by atoms with E-state index in [2.05, 4.69) is 18.1 Å². The number of fused-ring (bicyclic) bond motifs is 6. The van der Waals surface area contributed by atoms with E-state index in [-0.39, 0.29) is 29.4 Å². The van der Waals surface area contributed by atoms with Crippen LogP contribution in [0.15, 0.2) is 71.1 Å². The zero-order chi connectivity index (χ0) is 29.3. The normalized spacial score (nSPS) is 12.2. The van der Waals surface area contributed by atoms with Crippen LogP contribution in [0.5, 0.6) is 5.75 Å². The fourth-order valence-electron chi connectivity index (χ4n) is 5.43. The fourth-order valence-corrected chi connectivity index (χ4v) is 5.60. The summed E-state index contributed by atoms with van der Waals surface area (Å²) in [6.07, 6.45) is 0. The Labute approximate surface area is 242 Å². The number of furan rings is 1. The highest BCUT2D eigenvalue weighted by molar-refractivity contribution is 7.81. The van der Waals surface area contributed by atoms with E-state index in [1.165, 1.54) is 19.2 Å². The van der Waals surface area contributed by atoms with Crippen molar-refractivity contribution in [3.8, 4) is 39.7 Å². The number of amides is 1. The van der Waals surface area contributed by atoms with Gasteiger partial charge >= 0.3 is 0 Å². The van der Waals surface area contributed by atoms with Crippen LogP contribution in [0.3, 0.4) is 0 Å². The third-order valence-corrected chi connectivity index (χ3v) is 7.62. The Morgan fingerprint density at radius 1 is 1.00 bits per heavy atom. The maximum absolute atomic E-state index is 14.8. The van der Waals surface area contributed by atoms with Gasteiger partial charge < -0.3 is 23.3 Å². The van der Waals surface area contributed by atoms with Gasteiger partial charge in [0.2, 0.25) is 0 Å². The molecule has 3 aromatic heterocycles. The zero-order valence-electron chi connectivity index (χ0n) is 22.2. The van der Waals surface area contributed by atoms with Crippen molar-refractivity contribution in [2.45, 2.75) is 6.73 Å². The maximum atomic E-state index is 14.8. The van der Waals surface area contributed by atoms with Crippen molar-refractivity contribution in [1.29, 1.82) is 0 Å². The first kappa shape index (κ1) is 26.0. The molecule has 1 aliphatic heterocycles. The van der Waals surface area contributed by atoms with Crippen LogP contribution in [0.4, 0.5) is 18.9 Å². The number of pyridine rings is 1. The molecule has 3 aromatic carbocycles. The van der Waals surface area contributed by atoms with Gasteiger partial charge in [-0.1, -0.05) is 18.9 Å². The van der Waals surface area contributed by atoms with E-state index >= 15 is 0 Å². The quantitative estimate of drug-likeness (QED) is 0.214. The number of hydrogen-bond donors (Lipinski definition) is 2. The molecular weight excluding hydrogens is 565 g/mol. The monoisotopic (exact) mass is 586 g/mol. The molecule has 1 N–H and O–H groups in total. The number of aromatic nitrogens is 2. The van der Waals surface area contributed by atoms with Gasteiger partial charge in [-0.2, -0.15) is 0 Å². The summed E-state index contributed by atoms with van der Waals surface area (Å²) in [5, 5.41) is 3.44. The highest BCUT2D eigenvalue weighted by Gasteiger charge is 2.27. The van der Waals surface area contributed by atoms with Gasteiger partial charge in [0.25, 0.3) is 5.91 Å². The molecule has 0 radical (unpaired) electrons. The molecule has 4 heterocycles. The molecule has 7 rings (SSSR count). The minimum Gasteiger partial charge on any atom is -0.470 e. The summed E-state index contributed by atoms with van der Waals surface area (Å²) in [5.41, 5.74) is 3.94. The van der Waals surface area contributed by atoms with Crippen LogP contribution >= 0.6 is 12.8 Å². The average molecular weight is 587 g/mol. The third-order valence-electron chi connectivity index (χ3n) is 7.40. The van der Waals surface area contributed by atoms with E-state index in [1.807, 2.05) is 10.6 Å². The van der Waals surface area contributed by atoms with Crippen molar-refractivity contribution in [2.24, 2.45) is 0 Å². The van der Waals surface area contributed by atoms with E-state index in [0.717, 1.165) is 12.1 Å². The molecule has 0 atom stereocenters. The summed E-state index contributed by atoms with van der Waals surface area (Å²) >= 11 is 4.52. The molecule has 11 heteroatoms. The Bertz CT molecular complexity index is 2090. The smallest absolute Gasteiger partial charge is 0.255 e. The van der Waals surface area contributed by atoms with Crippen molar-refractivity contribution in [2.75, 3.05) is 18.4 Å². The highest BCUT2D eigenvalue weighted by atomic mass is 32.1. The van der Waals surface area contributed by atoms with Gasteiger partial charge in [-0.05, 0) is 48.5 Å². The van der Waals surface area contributed by atoms with E-state index in [9.17, 15) is 18.0 Å². The van der Waals surface area contributed by atoms with Crippen LogP contribution in [-0.4, -0.2) is 29.6 Å². The van der Waals surface area contributed by atoms with Crippen molar-refractivity contribution in [3.05, 3.63) is 89.7 Å². The number of nitrogens with zero attached hydrogens (tertiary/aromatic N) is 3. The number of thiol groups is 1. The molecular formula is C31H21F3N4O3S. The molecule has 0 fully saturated rings. The molecule has 7 nitrogen and oxygen atoms in total. The van der Waals surface area contributed by atoms with Gasteiger partial charge in [-0.15, -0.1) is 0 Å².